The molecule has 1 saturated carbocycles. The van der Waals surface area contributed by atoms with E-state index in [0.717, 1.165) is 30.6 Å². The Morgan fingerprint density at radius 2 is 2.00 bits per heavy atom. The smallest absolute Gasteiger partial charge is 0.0958 e. The van der Waals surface area contributed by atoms with Crippen LogP contribution in [0.1, 0.15) is 45.4 Å². The lowest BCUT2D eigenvalue weighted by Gasteiger charge is -2.28. The zero-order valence-corrected chi connectivity index (χ0v) is 13.1. The average molecular weight is 285 g/mol. The molecule has 1 aromatic heterocycles. The van der Waals surface area contributed by atoms with Gasteiger partial charge >= 0.3 is 0 Å². The minimum Gasteiger partial charge on any atom is -0.331 e. The van der Waals surface area contributed by atoms with Crippen LogP contribution in [0.4, 0.5) is 0 Å². The normalized spacial score (nSPS) is 22.7. The number of rotatable bonds is 6. The highest BCUT2D eigenvalue weighted by Gasteiger charge is 2.18. The summed E-state index contributed by atoms with van der Waals surface area (Å²) < 4.78 is 2.27. The molecule has 0 radical (unpaired) electrons. The summed E-state index contributed by atoms with van der Waals surface area (Å²) in [7, 11) is 0. The van der Waals surface area contributed by atoms with Crippen molar-refractivity contribution in [2.45, 2.75) is 58.0 Å². The molecule has 3 heteroatoms. The lowest BCUT2D eigenvalue weighted by Crippen LogP contribution is -2.34. The van der Waals surface area contributed by atoms with Gasteiger partial charge in [0.15, 0.2) is 0 Å². The van der Waals surface area contributed by atoms with E-state index in [-0.39, 0.29) is 0 Å². The molecule has 1 aromatic carbocycles. The lowest BCUT2D eigenvalue weighted by atomic mass is 9.84. The molecule has 0 saturated heterocycles. The summed E-state index contributed by atoms with van der Waals surface area (Å²) in [6.45, 7) is 4.50. The van der Waals surface area contributed by atoms with Gasteiger partial charge < -0.3 is 9.88 Å². The number of hydrogen-bond donors (Lipinski definition) is 1. The summed E-state index contributed by atoms with van der Waals surface area (Å²) in [5, 5.41) is 3.74. The van der Waals surface area contributed by atoms with Crippen LogP contribution < -0.4 is 5.32 Å². The van der Waals surface area contributed by atoms with Crippen molar-refractivity contribution in [2.24, 2.45) is 5.92 Å². The van der Waals surface area contributed by atoms with Gasteiger partial charge in [0.1, 0.15) is 0 Å². The van der Waals surface area contributed by atoms with Crippen LogP contribution in [-0.2, 0) is 6.54 Å². The average Bonchev–Trinajstić information content (AvgIpc) is 2.95. The molecule has 0 spiro atoms. The standard InChI is InChI=1S/C18H27N3/c1-2-15-8-10-16(11-9-15)19-12-5-13-21-14-20-17-6-3-4-7-18(17)21/h3-4,6-7,14-16,19H,2,5,8-13H2,1H3. The van der Waals surface area contributed by atoms with Crippen LogP contribution in [0.3, 0.4) is 0 Å². The Morgan fingerprint density at radius 1 is 1.19 bits per heavy atom. The maximum absolute atomic E-state index is 4.45. The summed E-state index contributed by atoms with van der Waals surface area (Å²) in [4.78, 5) is 4.45. The van der Waals surface area contributed by atoms with Gasteiger partial charge in [0, 0.05) is 12.6 Å². The van der Waals surface area contributed by atoms with E-state index >= 15 is 0 Å². The zero-order chi connectivity index (χ0) is 14.5. The van der Waals surface area contributed by atoms with Gasteiger partial charge in [-0.3, -0.25) is 0 Å². The SMILES string of the molecule is CCC1CCC(NCCCn2cnc3ccccc32)CC1. The number of imidazole rings is 1. The van der Waals surface area contributed by atoms with E-state index in [9.17, 15) is 0 Å². The summed E-state index contributed by atoms with van der Waals surface area (Å²) in [6, 6.07) is 9.13. The number of nitrogens with zero attached hydrogens (tertiary/aromatic N) is 2. The highest BCUT2D eigenvalue weighted by molar-refractivity contribution is 5.74. The Hall–Kier alpha value is -1.35. The number of aryl methyl sites for hydroxylation is 1. The van der Waals surface area contributed by atoms with Gasteiger partial charge in [-0.25, -0.2) is 4.98 Å². The molecule has 1 fully saturated rings. The van der Waals surface area contributed by atoms with Crippen molar-refractivity contribution in [3.05, 3.63) is 30.6 Å². The number of nitrogens with one attached hydrogen (secondary N) is 1. The van der Waals surface area contributed by atoms with E-state index in [1.165, 1.54) is 44.0 Å². The first-order valence-electron chi connectivity index (χ1n) is 8.50. The topological polar surface area (TPSA) is 29.9 Å². The first-order valence-corrected chi connectivity index (χ1v) is 8.50. The Bertz CT molecular complexity index is 552. The van der Waals surface area contributed by atoms with Crippen molar-refractivity contribution in [2.75, 3.05) is 6.54 Å². The third kappa shape index (κ3) is 3.65. The van der Waals surface area contributed by atoms with Gasteiger partial charge in [-0.2, -0.15) is 0 Å². The van der Waals surface area contributed by atoms with Crippen molar-refractivity contribution in [3.8, 4) is 0 Å². The third-order valence-electron chi connectivity index (χ3n) is 4.96. The largest absolute Gasteiger partial charge is 0.331 e. The minimum atomic E-state index is 0.757. The molecule has 21 heavy (non-hydrogen) atoms. The second-order valence-electron chi connectivity index (χ2n) is 6.36. The number of hydrogen-bond acceptors (Lipinski definition) is 2. The van der Waals surface area contributed by atoms with Crippen LogP contribution in [0.2, 0.25) is 0 Å². The second kappa shape index (κ2) is 7.08. The van der Waals surface area contributed by atoms with Gasteiger partial charge in [-0.15, -0.1) is 0 Å². The molecule has 3 rings (SSSR count). The summed E-state index contributed by atoms with van der Waals surface area (Å²) in [5.74, 6) is 0.986. The number of benzene rings is 1. The molecular formula is C18H27N3. The molecule has 1 N–H and O–H groups in total. The van der Waals surface area contributed by atoms with E-state index in [1.54, 1.807) is 0 Å². The molecule has 3 nitrogen and oxygen atoms in total. The maximum atomic E-state index is 4.45. The van der Waals surface area contributed by atoms with Crippen molar-refractivity contribution < 1.29 is 0 Å². The Kier molecular flexibility index (Phi) is 4.91. The fourth-order valence-electron chi connectivity index (χ4n) is 3.52. The molecule has 0 unspecified atom stereocenters. The fraction of sp³-hybridized carbons (Fsp3) is 0.611. The summed E-state index contributed by atoms with van der Waals surface area (Å²) in [5.41, 5.74) is 2.35. The summed E-state index contributed by atoms with van der Waals surface area (Å²) in [6.07, 6.45) is 10.1. The highest BCUT2D eigenvalue weighted by atomic mass is 15.0. The van der Waals surface area contributed by atoms with Crippen molar-refractivity contribution in [1.82, 2.24) is 14.9 Å². The molecule has 0 aliphatic heterocycles. The molecule has 0 bridgehead atoms. The van der Waals surface area contributed by atoms with Crippen molar-refractivity contribution in [3.63, 3.8) is 0 Å². The molecule has 0 amide bonds. The van der Waals surface area contributed by atoms with Crippen LogP contribution in [0, 0.1) is 5.92 Å². The Labute approximate surface area is 127 Å². The highest BCUT2D eigenvalue weighted by Crippen LogP contribution is 2.26. The van der Waals surface area contributed by atoms with Gasteiger partial charge in [0.05, 0.1) is 17.4 Å². The molecule has 0 atom stereocenters. The molecule has 1 aliphatic carbocycles. The Morgan fingerprint density at radius 3 is 2.81 bits per heavy atom. The Balaban J connectivity index is 1.41. The molecule has 2 aromatic rings. The molecule has 1 heterocycles. The maximum Gasteiger partial charge on any atom is 0.0958 e. The fourth-order valence-corrected chi connectivity index (χ4v) is 3.52. The van der Waals surface area contributed by atoms with Crippen LogP contribution in [0.15, 0.2) is 30.6 Å². The van der Waals surface area contributed by atoms with Crippen molar-refractivity contribution >= 4 is 11.0 Å². The zero-order valence-electron chi connectivity index (χ0n) is 13.1. The van der Waals surface area contributed by atoms with Gasteiger partial charge in [-0.05, 0) is 56.7 Å². The van der Waals surface area contributed by atoms with E-state index in [1.807, 2.05) is 12.4 Å². The van der Waals surface area contributed by atoms with E-state index in [0.29, 0.717) is 0 Å². The first kappa shape index (κ1) is 14.6. The lowest BCUT2D eigenvalue weighted by molar-refractivity contribution is 0.285. The molecule has 1 aliphatic rings. The number of aromatic nitrogens is 2. The summed E-state index contributed by atoms with van der Waals surface area (Å²) >= 11 is 0. The monoisotopic (exact) mass is 285 g/mol. The van der Waals surface area contributed by atoms with E-state index in [4.69, 9.17) is 0 Å². The first-order chi connectivity index (χ1) is 10.4. The van der Waals surface area contributed by atoms with Crippen LogP contribution >= 0.6 is 0 Å². The second-order valence-corrected chi connectivity index (χ2v) is 6.36. The van der Waals surface area contributed by atoms with Gasteiger partial charge in [0.2, 0.25) is 0 Å². The van der Waals surface area contributed by atoms with Crippen LogP contribution in [-0.4, -0.2) is 22.1 Å². The quantitative estimate of drug-likeness (QED) is 0.813. The third-order valence-corrected chi connectivity index (χ3v) is 4.96. The van der Waals surface area contributed by atoms with E-state index < -0.39 is 0 Å². The molecular weight excluding hydrogens is 258 g/mol. The van der Waals surface area contributed by atoms with Gasteiger partial charge in [-0.1, -0.05) is 25.5 Å². The molecule has 114 valence electrons. The predicted molar refractivity (Wildman–Crippen MR) is 88.4 cm³/mol. The van der Waals surface area contributed by atoms with Crippen molar-refractivity contribution in [1.29, 1.82) is 0 Å². The van der Waals surface area contributed by atoms with Crippen LogP contribution in [0.5, 0.6) is 0 Å². The predicted octanol–water partition coefficient (Wildman–Crippen LogP) is 3.98. The van der Waals surface area contributed by atoms with Crippen LogP contribution in [0.25, 0.3) is 11.0 Å². The van der Waals surface area contributed by atoms with Gasteiger partial charge in [0.25, 0.3) is 0 Å². The number of fused-ring (bicyclic) bond motifs is 1. The van der Waals surface area contributed by atoms with E-state index in [2.05, 4.69) is 40.0 Å². The number of para-hydroxylation sites is 2. The minimum absolute atomic E-state index is 0.757.